The van der Waals surface area contributed by atoms with Gasteiger partial charge in [-0.2, -0.15) is 0 Å². The van der Waals surface area contributed by atoms with E-state index in [2.05, 4.69) is 42.3 Å². The van der Waals surface area contributed by atoms with Crippen molar-refractivity contribution in [3.05, 3.63) is 30.1 Å². The summed E-state index contributed by atoms with van der Waals surface area (Å²) in [4.78, 5) is 4.40. The molecule has 0 radical (unpaired) electrons. The Balaban J connectivity index is 2.40. The molecule has 0 amide bonds. The summed E-state index contributed by atoms with van der Waals surface area (Å²) >= 11 is 0. The number of benzene rings is 1. The first kappa shape index (κ1) is 14.0. The van der Waals surface area contributed by atoms with Crippen LogP contribution in [0.25, 0.3) is 11.0 Å². The van der Waals surface area contributed by atoms with Gasteiger partial charge in [0.25, 0.3) is 0 Å². The lowest BCUT2D eigenvalue weighted by Gasteiger charge is -2.28. The van der Waals surface area contributed by atoms with E-state index in [9.17, 15) is 5.11 Å². The van der Waals surface area contributed by atoms with Gasteiger partial charge in [0.2, 0.25) is 0 Å². The highest BCUT2D eigenvalue weighted by Gasteiger charge is 2.24. The van der Waals surface area contributed by atoms with Crippen LogP contribution in [0.1, 0.15) is 25.5 Å². The van der Waals surface area contributed by atoms with Crippen LogP contribution in [-0.4, -0.2) is 28.3 Å². The van der Waals surface area contributed by atoms with Crippen molar-refractivity contribution in [3.8, 4) is 0 Å². The van der Waals surface area contributed by atoms with Gasteiger partial charge in [-0.15, -0.1) is 0 Å². The molecule has 0 spiro atoms. The average molecular weight is 261 g/mol. The minimum Gasteiger partial charge on any atom is -0.396 e. The summed E-state index contributed by atoms with van der Waals surface area (Å²) in [6.45, 7) is 4.47. The number of fused-ring (bicyclic) bond motifs is 1. The summed E-state index contributed by atoms with van der Waals surface area (Å²) < 4.78 is 2.01. The molecule has 0 aliphatic rings. The zero-order chi connectivity index (χ0) is 14.0. The van der Waals surface area contributed by atoms with Gasteiger partial charge in [-0.3, -0.25) is 0 Å². The lowest BCUT2D eigenvalue weighted by Crippen LogP contribution is -2.31. The Morgan fingerprint density at radius 3 is 2.68 bits per heavy atom. The predicted octanol–water partition coefficient (Wildman–Crippen LogP) is 2.10. The number of aromatic nitrogens is 2. The number of hydrogen-bond acceptors (Lipinski definition) is 3. The lowest BCUT2D eigenvalue weighted by atomic mass is 9.85. The first-order valence-corrected chi connectivity index (χ1v) is 6.77. The Labute approximate surface area is 114 Å². The fourth-order valence-corrected chi connectivity index (χ4v) is 2.68. The van der Waals surface area contributed by atoms with E-state index in [1.807, 2.05) is 25.0 Å². The van der Waals surface area contributed by atoms with Crippen LogP contribution in [0.4, 0.5) is 0 Å². The first-order valence-electron chi connectivity index (χ1n) is 6.77. The maximum atomic E-state index is 9.62. The monoisotopic (exact) mass is 261 g/mol. The molecule has 0 fully saturated rings. The molecular formula is C15H23N3O. The lowest BCUT2D eigenvalue weighted by molar-refractivity contribution is 0.154. The van der Waals surface area contributed by atoms with Crippen LogP contribution in [0.2, 0.25) is 0 Å². The van der Waals surface area contributed by atoms with Crippen molar-refractivity contribution < 1.29 is 5.11 Å². The summed E-state index contributed by atoms with van der Waals surface area (Å²) in [6.07, 6.45) is 1.83. The maximum Gasteiger partial charge on any atom is 0.0955 e. The third kappa shape index (κ3) is 2.65. The van der Waals surface area contributed by atoms with Crippen LogP contribution in [-0.2, 0) is 7.05 Å². The minimum atomic E-state index is 0.149. The quantitative estimate of drug-likeness (QED) is 0.866. The molecule has 2 aromatic rings. The minimum absolute atomic E-state index is 0.149. The molecular weight excluding hydrogens is 238 g/mol. The molecule has 0 aliphatic heterocycles. The van der Waals surface area contributed by atoms with Crippen LogP contribution in [0.5, 0.6) is 0 Å². The van der Waals surface area contributed by atoms with E-state index in [4.69, 9.17) is 0 Å². The normalized spacial score (nSPS) is 15.1. The van der Waals surface area contributed by atoms with Gasteiger partial charge >= 0.3 is 0 Å². The largest absolute Gasteiger partial charge is 0.396 e. The number of aliphatic hydroxyl groups is 1. The summed E-state index contributed by atoms with van der Waals surface area (Å²) in [5.41, 5.74) is 3.31. The molecule has 104 valence electrons. The highest BCUT2D eigenvalue weighted by atomic mass is 16.3. The second kappa shape index (κ2) is 5.72. The van der Waals surface area contributed by atoms with Crippen LogP contribution in [0, 0.1) is 11.8 Å². The molecule has 2 rings (SSSR count). The van der Waals surface area contributed by atoms with Crippen LogP contribution < -0.4 is 5.32 Å². The Morgan fingerprint density at radius 2 is 2.11 bits per heavy atom. The molecule has 0 bridgehead atoms. The Hall–Kier alpha value is -1.39. The maximum absolute atomic E-state index is 9.62. The van der Waals surface area contributed by atoms with Gasteiger partial charge in [0, 0.05) is 25.6 Å². The van der Waals surface area contributed by atoms with Crippen molar-refractivity contribution in [2.24, 2.45) is 18.9 Å². The Bertz CT molecular complexity index is 547. The molecule has 19 heavy (non-hydrogen) atoms. The summed E-state index contributed by atoms with van der Waals surface area (Å²) in [5, 5.41) is 12.9. The van der Waals surface area contributed by atoms with E-state index in [1.54, 1.807) is 0 Å². The molecule has 0 saturated heterocycles. The number of hydrogen-bond donors (Lipinski definition) is 2. The summed E-state index contributed by atoms with van der Waals surface area (Å²) in [5.74, 6) is 0.619. The second-order valence-corrected chi connectivity index (χ2v) is 5.46. The second-order valence-electron chi connectivity index (χ2n) is 5.46. The molecule has 1 aromatic carbocycles. The van der Waals surface area contributed by atoms with E-state index >= 15 is 0 Å². The molecule has 0 aliphatic carbocycles. The topological polar surface area (TPSA) is 50.1 Å². The Kier molecular flexibility index (Phi) is 4.22. The van der Waals surface area contributed by atoms with E-state index in [-0.39, 0.29) is 18.6 Å². The fourth-order valence-electron chi connectivity index (χ4n) is 2.68. The van der Waals surface area contributed by atoms with Gasteiger partial charge in [-0.05, 0) is 30.7 Å². The van der Waals surface area contributed by atoms with Crippen molar-refractivity contribution in [2.75, 3.05) is 13.7 Å². The van der Waals surface area contributed by atoms with Gasteiger partial charge in [-0.1, -0.05) is 19.9 Å². The first-order chi connectivity index (χ1) is 9.08. The van der Waals surface area contributed by atoms with Crippen LogP contribution in [0.15, 0.2) is 24.5 Å². The highest BCUT2D eigenvalue weighted by Crippen LogP contribution is 2.29. The van der Waals surface area contributed by atoms with Crippen molar-refractivity contribution in [3.63, 3.8) is 0 Å². The third-order valence-corrected chi connectivity index (χ3v) is 3.91. The van der Waals surface area contributed by atoms with Crippen molar-refractivity contribution in [1.82, 2.24) is 14.9 Å². The molecule has 1 heterocycles. The summed E-state index contributed by atoms with van der Waals surface area (Å²) in [7, 11) is 3.94. The van der Waals surface area contributed by atoms with Gasteiger partial charge in [-0.25, -0.2) is 4.98 Å². The molecule has 1 aromatic heterocycles. The summed E-state index contributed by atoms with van der Waals surface area (Å²) in [6, 6.07) is 6.48. The number of aliphatic hydroxyl groups excluding tert-OH is 1. The van der Waals surface area contributed by atoms with Gasteiger partial charge in [0.15, 0.2) is 0 Å². The number of nitrogens with zero attached hydrogens (tertiary/aromatic N) is 2. The Morgan fingerprint density at radius 1 is 1.37 bits per heavy atom. The average Bonchev–Trinajstić information content (AvgIpc) is 2.76. The third-order valence-electron chi connectivity index (χ3n) is 3.91. The molecule has 2 N–H and O–H groups in total. The molecule has 2 atom stereocenters. The van der Waals surface area contributed by atoms with Crippen LogP contribution >= 0.6 is 0 Å². The zero-order valence-electron chi connectivity index (χ0n) is 12.1. The van der Waals surface area contributed by atoms with Crippen molar-refractivity contribution in [2.45, 2.75) is 19.9 Å². The van der Waals surface area contributed by atoms with E-state index < -0.39 is 0 Å². The number of imidazole rings is 1. The molecule has 4 nitrogen and oxygen atoms in total. The van der Waals surface area contributed by atoms with Gasteiger partial charge < -0.3 is 15.0 Å². The fraction of sp³-hybridized carbons (Fsp3) is 0.533. The predicted molar refractivity (Wildman–Crippen MR) is 77.9 cm³/mol. The molecule has 4 heteroatoms. The number of aryl methyl sites for hydroxylation is 1. The standard InChI is InChI=1S/C15H23N3O/c1-10(2)12(8-19)15(16-3)11-5-6-14-13(7-11)17-9-18(14)4/h5-7,9-10,12,15-16,19H,8H2,1-4H3. The zero-order valence-corrected chi connectivity index (χ0v) is 12.1. The van der Waals surface area contributed by atoms with Gasteiger partial charge in [0.1, 0.15) is 0 Å². The molecule has 0 saturated carbocycles. The number of rotatable bonds is 5. The van der Waals surface area contributed by atoms with Crippen molar-refractivity contribution in [1.29, 1.82) is 0 Å². The van der Waals surface area contributed by atoms with E-state index in [1.165, 1.54) is 5.56 Å². The number of nitrogens with one attached hydrogen (secondary N) is 1. The van der Waals surface area contributed by atoms with Crippen molar-refractivity contribution >= 4 is 11.0 Å². The van der Waals surface area contributed by atoms with Gasteiger partial charge in [0.05, 0.1) is 17.4 Å². The van der Waals surface area contributed by atoms with Crippen LogP contribution in [0.3, 0.4) is 0 Å². The smallest absolute Gasteiger partial charge is 0.0955 e. The molecule has 2 unspecified atom stereocenters. The van der Waals surface area contributed by atoms with E-state index in [0.717, 1.165) is 11.0 Å². The SMILES string of the molecule is CNC(c1ccc2c(c1)ncn2C)C(CO)C(C)C. The van der Waals surface area contributed by atoms with E-state index in [0.29, 0.717) is 5.92 Å². The highest BCUT2D eigenvalue weighted by molar-refractivity contribution is 5.76.